The molecule has 5 rings (SSSR count). The Labute approximate surface area is 203 Å². The summed E-state index contributed by atoms with van der Waals surface area (Å²) < 4.78 is 28.7. The first-order valence-corrected chi connectivity index (χ1v) is 13.0. The minimum absolute atomic E-state index is 0.0561. The van der Waals surface area contributed by atoms with Crippen molar-refractivity contribution in [2.24, 2.45) is 0 Å². The maximum atomic E-state index is 12.8. The lowest BCUT2D eigenvalue weighted by Gasteiger charge is -2.29. The van der Waals surface area contributed by atoms with Crippen molar-refractivity contribution >= 4 is 27.3 Å². The molecule has 0 bridgehead atoms. The van der Waals surface area contributed by atoms with Gasteiger partial charge in [0.2, 0.25) is 10.0 Å². The van der Waals surface area contributed by atoms with Gasteiger partial charge in [-0.1, -0.05) is 65.4 Å². The molecule has 1 fully saturated rings. The third kappa shape index (κ3) is 5.08. The van der Waals surface area contributed by atoms with Crippen LogP contribution in [0.5, 0.6) is 0 Å². The Hall–Kier alpha value is -3.63. The molecule has 0 amide bonds. The van der Waals surface area contributed by atoms with Crippen molar-refractivity contribution in [2.75, 3.05) is 13.1 Å². The molecule has 0 aliphatic carbocycles. The Morgan fingerprint density at radius 3 is 2.49 bits per heavy atom. The number of benzene rings is 2. The smallest absolute Gasteiger partial charge is 0.281 e. The zero-order valence-corrected chi connectivity index (χ0v) is 20.1. The molecule has 0 saturated carbocycles. The third-order valence-corrected chi connectivity index (χ3v) is 7.84. The van der Waals surface area contributed by atoms with Crippen LogP contribution in [0.4, 0.5) is 0 Å². The van der Waals surface area contributed by atoms with Crippen molar-refractivity contribution in [1.29, 1.82) is 0 Å². The molecule has 2 aromatic carbocycles. The number of sulfonamides is 1. The van der Waals surface area contributed by atoms with Gasteiger partial charge >= 0.3 is 0 Å². The van der Waals surface area contributed by atoms with Crippen molar-refractivity contribution in [2.45, 2.75) is 32.2 Å². The molecule has 0 spiro atoms. The number of piperidine rings is 1. The number of aromatic nitrogens is 5. The highest BCUT2D eigenvalue weighted by molar-refractivity contribution is 7.92. The number of hydrogen-bond acceptors (Lipinski definition) is 6. The Morgan fingerprint density at radius 1 is 1.06 bits per heavy atom. The van der Waals surface area contributed by atoms with Gasteiger partial charge in [-0.25, -0.2) is 18.1 Å². The number of hydrogen-bond donors (Lipinski definition) is 1. The van der Waals surface area contributed by atoms with Gasteiger partial charge in [0.1, 0.15) is 5.82 Å². The fraction of sp³-hybridized carbons (Fsp3) is 0.280. The minimum Gasteiger partial charge on any atom is -0.308 e. The molecule has 3 heterocycles. The molecule has 35 heavy (non-hydrogen) atoms. The monoisotopic (exact) mass is 490 g/mol. The lowest BCUT2D eigenvalue weighted by molar-refractivity contribution is 0.316. The number of rotatable bonds is 6. The summed E-state index contributed by atoms with van der Waals surface area (Å²) in [6, 6.07) is 17.4. The van der Waals surface area contributed by atoms with Gasteiger partial charge in [0.15, 0.2) is 11.2 Å². The van der Waals surface area contributed by atoms with Gasteiger partial charge in [0.05, 0.1) is 6.54 Å². The Kier molecular flexibility index (Phi) is 6.31. The molecule has 180 valence electrons. The number of aromatic amines is 1. The van der Waals surface area contributed by atoms with Crippen LogP contribution in [0, 0.1) is 6.92 Å². The zero-order chi connectivity index (χ0) is 24.4. The average molecular weight is 491 g/mol. The number of nitrogens with zero attached hydrogens (tertiary/aromatic N) is 5. The molecule has 1 aliphatic rings. The van der Waals surface area contributed by atoms with E-state index in [0.717, 1.165) is 16.7 Å². The second kappa shape index (κ2) is 9.55. The maximum absolute atomic E-state index is 12.8. The molecule has 2 aromatic heterocycles. The van der Waals surface area contributed by atoms with E-state index in [9.17, 15) is 13.2 Å². The first-order chi connectivity index (χ1) is 16.9. The summed E-state index contributed by atoms with van der Waals surface area (Å²) >= 11 is 0. The van der Waals surface area contributed by atoms with Gasteiger partial charge in [0.25, 0.3) is 5.56 Å². The van der Waals surface area contributed by atoms with Crippen molar-refractivity contribution in [3.63, 3.8) is 0 Å². The molecule has 10 heteroatoms. The number of nitrogens with one attached hydrogen (secondary N) is 1. The Bertz CT molecular complexity index is 1520. The summed E-state index contributed by atoms with van der Waals surface area (Å²) in [6.45, 7) is 3.19. The van der Waals surface area contributed by atoms with Crippen LogP contribution in [0.25, 0.3) is 17.2 Å². The number of aryl methyl sites for hydroxylation is 1. The van der Waals surface area contributed by atoms with E-state index in [0.29, 0.717) is 43.9 Å². The SMILES string of the molecule is Cc1ccc(Cn2nnc3c(=O)[nH]c(C4CCN(S(=O)(=O)/C=C/c5ccccc5)CC4)nc32)cc1. The topological polar surface area (TPSA) is 114 Å². The number of fused-ring (bicyclic) bond motifs is 1. The van der Waals surface area contributed by atoms with Gasteiger partial charge in [-0.15, -0.1) is 5.10 Å². The van der Waals surface area contributed by atoms with E-state index in [1.165, 1.54) is 9.71 Å². The van der Waals surface area contributed by atoms with Crippen molar-refractivity contribution in [1.82, 2.24) is 29.3 Å². The Balaban J connectivity index is 1.32. The van der Waals surface area contributed by atoms with Crippen LogP contribution in [0.2, 0.25) is 0 Å². The van der Waals surface area contributed by atoms with E-state index < -0.39 is 10.0 Å². The van der Waals surface area contributed by atoms with Crippen LogP contribution in [0.15, 0.2) is 64.8 Å². The average Bonchev–Trinajstić information content (AvgIpc) is 3.28. The lowest BCUT2D eigenvalue weighted by Crippen LogP contribution is -2.37. The van der Waals surface area contributed by atoms with E-state index in [1.807, 2.05) is 61.5 Å². The molecule has 1 N–H and O–H groups in total. The molecule has 1 saturated heterocycles. The maximum Gasteiger partial charge on any atom is 0.281 e. The fourth-order valence-electron chi connectivity index (χ4n) is 4.25. The summed E-state index contributed by atoms with van der Waals surface area (Å²) in [6.07, 6.45) is 2.73. The Morgan fingerprint density at radius 2 is 1.77 bits per heavy atom. The summed E-state index contributed by atoms with van der Waals surface area (Å²) in [5.41, 5.74) is 3.33. The van der Waals surface area contributed by atoms with Crippen LogP contribution >= 0.6 is 0 Å². The lowest BCUT2D eigenvalue weighted by atomic mass is 9.97. The molecule has 4 aromatic rings. The quantitative estimate of drug-likeness (QED) is 0.444. The van der Waals surface area contributed by atoms with Crippen molar-refractivity contribution in [3.05, 3.63) is 92.9 Å². The van der Waals surface area contributed by atoms with Gasteiger partial charge in [-0.05, 0) is 37.0 Å². The van der Waals surface area contributed by atoms with E-state index in [-0.39, 0.29) is 17.0 Å². The van der Waals surface area contributed by atoms with Crippen LogP contribution in [-0.2, 0) is 16.6 Å². The highest BCUT2D eigenvalue weighted by Crippen LogP contribution is 2.27. The second-order valence-electron chi connectivity index (χ2n) is 8.79. The molecule has 1 aliphatic heterocycles. The summed E-state index contributed by atoms with van der Waals surface area (Å²) in [5, 5.41) is 9.41. The molecule has 0 atom stereocenters. The predicted molar refractivity (Wildman–Crippen MR) is 134 cm³/mol. The van der Waals surface area contributed by atoms with Gasteiger partial charge in [-0.3, -0.25) is 4.79 Å². The van der Waals surface area contributed by atoms with Crippen LogP contribution < -0.4 is 5.56 Å². The van der Waals surface area contributed by atoms with E-state index in [1.54, 1.807) is 10.8 Å². The second-order valence-corrected chi connectivity index (χ2v) is 10.6. The van der Waals surface area contributed by atoms with Crippen molar-refractivity contribution < 1.29 is 8.42 Å². The standard InChI is InChI=1S/C25H26N6O3S/c1-18-7-9-20(10-8-18)17-31-24-22(28-29-31)25(32)27-23(26-24)21-11-14-30(15-12-21)35(33,34)16-13-19-5-3-2-4-6-19/h2-10,13,16,21H,11-12,14-15,17H2,1H3,(H,26,27,32)/b16-13+. The molecular formula is C25H26N6O3S. The molecule has 9 nitrogen and oxygen atoms in total. The van der Waals surface area contributed by atoms with E-state index in [2.05, 4.69) is 15.3 Å². The predicted octanol–water partition coefficient (Wildman–Crippen LogP) is 3.05. The highest BCUT2D eigenvalue weighted by Gasteiger charge is 2.29. The molecular weight excluding hydrogens is 464 g/mol. The van der Waals surface area contributed by atoms with E-state index in [4.69, 9.17) is 4.98 Å². The number of H-pyrrole nitrogens is 1. The molecule has 0 radical (unpaired) electrons. The first-order valence-electron chi connectivity index (χ1n) is 11.5. The van der Waals surface area contributed by atoms with E-state index >= 15 is 0 Å². The zero-order valence-electron chi connectivity index (χ0n) is 19.3. The molecule has 0 unspecified atom stereocenters. The summed E-state index contributed by atoms with van der Waals surface area (Å²) in [4.78, 5) is 20.2. The largest absolute Gasteiger partial charge is 0.308 e. The van der Waals surface area contributed by atoms with Crippen LogP contribution in [0.1, 0.15) is 41.3 Å². The van der Waals surface area contributed by atoms with Crippen LogP contribution in [-0.4, -0.2) is 50.8 Å². The normalized spacial score (nSPS) is 15.8. The minimum atomic E-state index is -3.53. The fourth-order valence-corrected chi connectivity index (χ4v) is 5.47. The van der Waals surface area contributed by atoms with Crippen LogP contribution in [0.3, 0.4) is 0 Å². The highest BCUT2D eigenvalue weighted by atomic mass is 32.2. The summed E-state index contributed by atoms with van der Waals surface area (Å²) in [7, 11) is -3.53. The van der Waals surface area contributed by atoms with Crippen molar-refractivity contribution in [3.8, 4) is 0 Å². The van der Waals surface area contributed by atoms with Gasteiger partial charge < -0.3 is 4.98 Å². The van der Waals surface area contributed by atoms with Gasteiger partial charge in [0, 0.05) is 24.4 Å². The third-order valence-electron chi connectivity index (χ3n) is 6.28. The van der Waals surface area contributed by atoms with Gasteiger partial charge in [-0.2, -0.15) is 4.31 Å². The first kappa shape index (κ1) is 23.1. The summed E-state index contributed by atoms with van der Waals surface area (Å²) in [5.74, 6) is 0.492.